The minimum atomic E-state index is -3.99. The van der Waals surface area contributed by atoms with Gasteiger partial charge in [0.1, 0.15) is 13.2 Å². The van der Waals surface area contributed by atoms with Crippen LogP contribution < -0.4 is 15.0 Å². The third-order valence-corrected chi connectivity index (χ3v) is 7.45. The Morgan fingerprint density at radius 1 is 1.00 bits per heavy atom. The summed E-state index contributed by atoms with van der Waals surface area (Å²) < 4.78 is 39.9. The lowest BCUT2D eigenvalue weighted by Gasteiger charge is -2.24. The van der Waals surface area contributed by atoms with E-state index in [1.807, 2.05) is 25.1 Å². The van der Waals surface area contributed by atoms with Gasteiger partial charge in [0.05, 0.1) is 4.90 Å². The van der Waals surface area contributed by atoms with Gasteiger partial charge in [-0.05, 0) is 53.8 Å². The fraction of sp³-hybridized carbons (Fsp3) is 0.200. The maximum atomic E-state index is 13.7. The van der Waals surface area contributed by atoms with Crippen molar-refractivity contribution in [2.45, 2.75) is 24.9 Å². The van der Waals surface area contributed by atoms with Crippen LogP contribution in [0.25, 0.3) is 10.9 Å². The molecular formula is C25H23N3O5S. The molecule has 0 spiro atoms. The summed E-state index contributed by atoms with van der Waals surface area (Å²) in [5, 5.41) is 0.832. The Kier molecular flexibility index (Phi) is 5.80. The number of rotatable bonds is 6. The average Bonchev–Trinajstić information content (AvgIpc) is 2.84. The molecule has 1 aliphatic rings. The monoisotopic (exact) mass is 477 g/mol. The lowest BCUT2D eigenvalue weighted by Crippen LogP contribution is -2.32. The van der Waals surface area contributed by atoms with E-state index in [4.69, 9.17) is 9.47 Å². The van der Waals surface area contributed by atoms with Gasteiger partial charge in [-0.2, -0.15) is 4.31 Å². The minimum absolute atomic E-state index is 0.0516. The zero-order valence-corrected chi connectivity index (χ0v) is 19.3. The largest absolute Gasteiger partial charge is 0.486 e. The SMILES string of the molecule is Cc1ccc2cc(CN(Cc3cccnc3)S(=O)(=O)c3ccc4c(c3)OCCO4)c(=O)[nH]c2c1. The second-order valence-corrected chi connectivity index (χ2v) is 10.1. The van der Waals surface area contributed by atoms with E-state index in [9.17, 15) is 13.2 Å². The molecule has 8 nitrogen and oxygen atoms in total. The van der Waals surface area contributed by atoms with Crippen LogP contribution in [0.4, 0.5) is 0 Å². The number of nitrogens with zero attached hydrogens (tertiary/aromatic N) is 2. The number of nitrogens with one attached hydrogen (secondary N) is 1. The quantitative estimate of drug-likeness (QED) is 0.457. The first-order valence-corrected chi connectivity index (χ1v) is 12.3. The van der Waals surface area contributed by atoms with Crippen molar-refractivity contribution < 1.29 is 17.9 Å². The molecule has 1 aliphatic heterocycles. The summed E-state index contributed by atoms with van der Waals surface area (Å²) in [6.07, 6.45) is 3.24. The molecule has 0 atom stereocenters. The van der Waals surface area contributed by atoms with E-state index >= 15 is 0 Å². The Labute approximate surface area is 196 Å². The zero-order chi connectivity index (χ0) is 23.7. The second-order valence-electron chi connectivity index (χ2n) is 8.15. The second kappa shape index (κ2) is 8.92. The standard InChI is InChI=1S/C25H23N3O5S/c1-17-4-5-19-12-20(25(29)27-22(19)11-17)16-28(15-18-3-2-8-26-14-18)34(30,31)21-6-7-23-24(13-21)33-10-9-32-23/h2-8,11-14H,9-10,15-16H2,1H3,(H,27,29). The Morgan fingerprint density at radius 3 is 2.62 bits per heavy atom. The smallest absolute Gasteiger partial charge is 0.252 e. The van der Waals surface area contributed by atoms with E-state index in [-0.39, 0.29) is 23.5 Å². The van der Waals surface area contributed by atoms with Crippen molar-refractivity contribution >= 4 is 20.9 Å². The first-order valence-electron chi connectivity index (χ1n) is 10.8. The third kappa shape index (κ3) is 4.40. The maximum Gasteiger partial charge on any atom is 0.252 e. The van der Waals surface area contributed by atoms with Crippen molar-refractivity contribution in [2.75, 3.05) is 13.2 Å². The van der Waals surface area contributed by atoms with Crippen LogP contribution in [0, 0.1) is 6.92 Å². The van der Waals surface area contributed by atoms with Gasteiger partial charge in [-0.3, -0.25) is 9.78 Å². The van der Waals surface area contributed by atoms with Crippen LogP contribution in [0.15, 0.2) is 76.7 Å². The van der Waals surface area contributed by atoms with Crippen LogP contribution in [0.5, 0.6) is 11.5 Å². The van der Waals surface area contributed by atoms with Gasteiger partial charge >= 0.3 is 0 Å². The Balaban J connectivity index is 1.56. The molecule has 0 radical (unpaired) electrons. The molecule has 1 N–H and O–H groups in total. The lowest BCUT2D eigenvalue weighted by molar-refractivity contribution is 0.171. The van der Waals surface area contributed by atoms with Gasteiger partial charge in [-0.1, -0.05) is 18.2 Å². The van der Waals surface area contributed by atoms with Crippen molar-refractivity contribution in [3.8, 4) is 11.5 Å². The van der Waals surface area contributed by atoms with Gasteiger partial charge in [-0.25, -0.2) is 8.42 Å². The molecule has 0 fully saturated rings. The molecule has 5 rings (SSSR count). The van der Waals surface area contributed by atoms with Gasteiger partial charge < -0.3 is 14.5 Å². The highest BCUT2D eigenvalue weighted by atomic mass is 32.2. The molecular weight excluding hydrogens is 454 g/mol. The van der Waals surface area contributed by atoms with Crippen molar-refractivity contribution in [2.24, 2.45) is 0 Å². The zero-order valence-electron chi connectivity index (χ0n) is 18.5. The van der Waals surface area contributed by atoms with Crippen LogP contribution in [-0.4, -0.2) is 35.9 Å². The summed E-state index contributed by atoms with van der Waals surface area (Å²) in [7, 11) is -3.99. The van der Waals surface area contributed by atoms with E-state index in [1.54, 1.807) is 36.7 Å². The van der Waals surface area contributed by atoms with Crippen LogP contribution >= 0.6 is 0 Å². The Morgan fingerprint density at radius 2 is 1.82 bits per heavy atom. The van der Waals surface area contributed by atoms with E-state index < -0.39 is 10.0 Å². The molecule has 3 heterocycles. The van der Waals surface area contributed by atoms with Gasteiger partial charge in [0.15, 0.2) is 11.5 Å². The number of H-pyrrole nitrogens is 1. The highest BCUT2D eigenvalue weighted by molar-refractivity contribution is 7.89. The Hall–Kier alpha value is -3.69. The molecule has 0 unspecified atom stereocenters. The first kappa shape index (κ1) is 22.1. The number of aromatic nitrogens is 2. The van der Waals surface area contributed by atoms with Crippen molar-refractivity contribution in [1.82, 2.24) is 14.3 Å². The topological polar surface area (TPSA) is 102 Å². The van der Waals surface area contributed by atoms with Crippen LogP contribution in [0.3, 0.4) is 0 Å². The molecule has 2 aromatic carbocycles. The van der Waals surface area contributed by atoms with Crippen molar-refractivity contribution in [3.05, 3.63) is 94.0 Å². The van der Waals surface area contributed by atoms with Gasteiger partial charge in [-0.15, -0.1) is 0 Å². The van der Waals surface area contributed by atoms with Crippen LogP contribution in [-0.2, 0) is 23.1 Å². The summed E-state index contributed by atoms with van der Waals surface area (Å²) >= 11 is 0. The number of pyridine rings is 2. The number of benzene rings is 2. The fourth-order valence-electron chi connectivity index (χ4n) is 3.92. The summed E-state index contributed by atoms with van der Waals surface area (Å²) in [6.45, 7) is 2.65. The number of fused-ring (bicyclic) bond motifs is 2. The number of hydrogen-bond acceptors (Lipinski definition) is 6. The van der Waals surface area contributed by atoms with Crippen molar-refractivity contribution in [3.63, 3.8) is 0 Å². The molecule has 0 saturated heterocycles. The minimum Gasteiger partial charge on any atom is -0.486 e. The van der Waals surface area contributed by atoms with Crippen molar-refractivity contribution in [1.29, 1.82) is 0 Å². The molecule has 0 amide bonds. The number of ether oxygens (including phenoxy) is 2. The normalized spacial score (nSPS) is 13.4. The van der Waals surface area contributed by atoms with Gasteiger partial charge in [0.2, 0.25) is 10.0 Å². The predicted octanol–water partition coefficient (Wildman–Crippen LogP) is 3.39. The van der Waals surface area contributed by atoms with E-state index in [0.29, 0.717) is 41.4 Å². The molecule has 9 heteroatoms. The lowest BCUT2D eigenvalue weighted by atomic mass is 10.1. The molecule has 2 aromatic heterocycles. The summed E-state index contributed by atoms with van der Waals surface area (Å²) in [6, 6.07) is 15.6. The van der Waals surface area contributed by atoms with E-state index in [0.717, 1.165) is 10.9 Å². The Bertz CT molecular complexity index is 1520. The van der Waals surface area contributed by atoms with Crippen LogP contribution in [0.1, 0.15) is 16.7 Å². The highest BCUT2D eigenvalue weighted by Crippen LogP contribution is 2.33. The summed E-state index contributed by atoms with van der Waals surface area (Å²) in [4.78, 5) is 19.9. The molecule has 0 bridgehead atoms. The summed E-state index contributed by atoms with van der Waals surface area (Å²) in [5.41, 5.74) is 2.46. The number of sulfonamides is 1. The molecule has 0 saturated carbocycles. The van der Waals surface area contributed by atoms with Gasteiger partial charge in [0.25, 0.3) is 5.56 Å². The number of hydrogen-bond donors (Lipinski definition) is 1. The molecule has 174 valence electrons. The molecule has 34 heavy (non-hydrogen) atoms. The van der Waals surface area contributed by atoms with E-state index in [1.165, 1.54) is 16.4 Å². The third-order valence-electron chi connectivity index (χ3n) is 5.66. The van der Waals surface area contributed by atoms with Crippen LogP contribution in [0.2, 0.25) is 0 Å². The molecule has 0 aliphatic carbocycles. The summed E-state index contributed by atoms with van der Waals surface area (Å²) in [5.74, 6) is 0.887. The highest BCUT2D eigenvalue weighted by Gasteiger charge is 2.28. The van der Waals surface area contributed by atoms with Gasteiger partial charge in [0, 0.05) is 42.6 Å². The molecule has 4 aromatic rings. The predicted molar refractivity (Wildman–Crippen MR) is 127 cm³/mol. The van der Waals surface area contributed by atoms with E-state index in [2.05, 4.69) is 9.97 Å². The number of aromatic amines is 1. The average molecular weight is 478 g/mol. The number of aryl methyl sites for hydroxylation is 1. The first-order chi connectivity index (χ1) is 16.4. The fourth-order valence-corrected chi connectivity index (χ4v) is 5.34. The maximum absolute atomic E-state index is 13.7.